The Balaban J connectivity index is 1.25. The molecule has 0 heteroatoms. The Hall–Kier alpha value is -2.34. The lowest BCUT2D eigenvalue weighted by atomic mass is 9.48. The Morgan fingerprint density at radius 2 is 0.862 bits per heavy atom. The first-order valence-corrected chi connectivity index (χ1v) is 11.4. The van der Waals surface area contributed by atoms with Crippen LogP contribution in [0.25, 0.3) is 22.3 Å². The molecule has 0 spiro atoms. The van der Waals surface area contributed by atoms with Crippen LogP contribution in [-0.2, 0) is 5.41 Å². The van der Waals surface area contributed by atoms with E-state index >= 15 is 0 Å². The van der Waals surface area contributed by atoms with Gasteiger partial charge in [-0.2, -0.15) is 0 Å². The summed E-state index contributed by atoms with van der Waals surface area (Å²) in [4.78, 5) is 0. The SMILES string of the molecule is Cc1ccc(-c2ccc(-c3ccc(C45CC6CC(CC(C6)C4)C5)cc3)cc2)cc1. The lowest BCUT2D eigenvalue weighted by Gasteiger charge is -2.57. The highest BCUT2D eigenvalue weighted by Crippen LogP contribution is 2.60. The standard InChI is InChI=1S/C29H30/c1-20-2-4-24(5-3-20)25-6-8-26(9-7-25)27-10-12-28(13-11-27)29-17-21-14-22(18-29)16-23(15-21)19-29/h2-13,21-23H,14-19H2,1H3. The van der Waals surface area contributed by atoms with Crippen molar-refractivity contribution in [2.45, 2.75) is 50.9 Å². The smallest absolute Gasteiger partial charge is 0.00391 e. The molecule has 4 bridgehead atoms. The van der Waals surface area contributed by atoms with E-state index in [2.05, 4.69) is 79.7 Å². The summed E-state index contributed by atoms with van der Waals surface area (Å²) in [6.07, 6.45) is 8.90. The minimum absolute atomic E-state index is 0.503. The van der Waals surface area contributed by atoms with Gasteiger partial charge in [0.1, 0.15) is 0 Å². The molecule has 0 aliphatic heterocycles. The Labute approximate surface area is 175 Å². The van der Waals surface area contributed by atoms with Crippen LogP contribution < -0.4 is 0 Å². The third-order valence-electron chi connectivity index (χ3n) is 8.14. The number of rotatable bonds is 3. The lowest BCUT2D eigenvalue weighted by Crippen LogP contribution is -2.48. The van der Waals surface area contributed by atoms with Crippen LogP contribution >= 0.6 is 0 Å². The Bertz CT molecular complexity index is 970. The van der Waals surface area contributed by atoms with Crippen molar-refractivity contribution < 1.29 is 0 Å². The normalized spacial score (nSPS) is 29.9. The number of benzene rings is 3. The molecule has 0 saturated heterocycles. The van der Waals surface area contributed by atoms with Crippen molar-refractivity contribution in [1.29, 1.82) is 0 Å². The highest BCUT2D eigenvalue weighted by Gasteiger charge is 2.51. The molecule has 29 heavy (non-hydrogen) atoms. The van der Waals surface area contributed by atoms with E-state index in [-0.39, 0.29) is 0 Å². The van der Waals surface area contributed by atoms with Crippen LogP contribution in [0.3, 0.4) is 0 Å². The second-order valence-corrected chi connectivity index (χ2v) is 10.2. The summed E-state index contributed by atoms with van der Waals surface area (Å²) < 4.78 is 0. The molecule has 4 fully saturated rings. The summed E-state index contributed by atoms with van der Waals surface area (Å²) in [6, 6.07) is 27.5. The summed E-state index contributed by atoms with van der Waals surface area (Å²) in [5, 5.41) is 0. The molecule has 0 amide bonds. The van der Waals surface area contributed by atoms with Gasteiger partial charge >= 0.3 is 0 Å². The van der Waals surface area contributed by atoms with Crippen molar-refractivity contribution in [1.82, 2.24) is 0 Å². The maximum Gasteiger partial charge on any atom is -0.00391 e. The predicted octanol–water partition coefficient (Wildman–Crippen LogP) is 7.80. The average molecular weight is 379 g/mol. The van der Waals surface area contributed by atoms with Crippen LogP contribution in [0.15, 0.2) is 72.8 Å². The van der Waals surface area contributed by atoms with Gasteiger partial charge in [-0.1, -0.05) is 78.4 Å². The molecule has 0 N–H and O–H groups in total. The van der Waals surface area contributed by atoms with E-state index in [4.69, 9.17) is 0 Å². The zero-order chi connectivity index (χ0) is 19.4. The number of hydrogen-bond donors (Lipinski definition) is 0. The molecule has 3 aromatic rings. The molecule has 4 aliphatic carbocycles. The molecular weight excluding hydrogens is 348 g/mol. The van der Waals surface area contributed by atoms with Gasteiger partial charge < -0.3 is 0 Å². The molecule has 0 aromatic heterocycles. The van der Waals surface area contributed by atoms with E-state index in [0.29, 0.717) is 5.41 Å². The van der Waals surface area contributed by atoms with E-state index in [1.165, 1.54) is 66.3 Å². The predicted molar refractivity (Wildman–Crippen MR) is 122 cm³/mol. The van der Waals surface area contributed by atoms with Crippen LogP contribution in [0.5, 0.6) is 0 Å². The summed E-state index contributed by atoms with van der Waals surface area (Å²) >= 11 is 0. The van der Waals surface area contributed by atoms with Gasteiger partial charge in [-0.05, 0) is 96.4 Å². The Morgan fingerprint density at radius 1 is 0.517 bits per heavy atom. The largest absolute Gasteiger partial charge is 0.0587 e. The van der Waals surface area contributed by atoms with Crippen LogP contribution in [0, 0.1) is 24.7 Å². The van der Waals surface area contributed by atoms with E-state index in [1.807, 2.05) is 0 Å². The fraction of sp³-hybridized carbons (Fsp3) is 0.379. The van der Waals surface area contributed by atoms with Gasteiger partial charge in [0, 0.05) is 0 Å². The highest BCUT2D eigenvalue weighted by atomic mass is 14.6. The molecule has 0 radical (unpaired) electrons. The van der Waals surface area contributed by atoms with Gasteiger partial charge in [0.25, 0.3) is 0 Å². The fourth-order valence-corrected chi connectivity index (χ4v) is 7.08. The minimum atomic E-state index is 0.503. The first kappa shape index (κ1) is 17.5. The van der Waals surface area contributed by atoms with Crippen molar-refractivity contribution in [3.05, 3.63) is 83.9 Å². The molecule has 3 aromatic carbocycles. The van der Waals surface area contributed by atoms with Crippen molar-refractivity contribution in [2.24, 2.45) is 17.8 Å². The first-order valence-electron chi connectivity index (χ1n) is 11.4. The number of hydrogen-bond acceptors (Lipinski definition) is 0. The molecule has 0 nitrogen and oxygen atoms in total. The lowest BCUT2D eigenvalue weighted by molar-refractivity contribution is -0.00518. The third-order valence-corrected chi connectivity index (χ3v) is 8.14. The number of aryl methyl sites for hydroxylation is 1. The second kappa shape index (κ2) is 6.59. The van der Waals surface area contributed by atoms with Crippen LogP contribution in [0.4, 0.5) is 0 Å². The topological polar surface area (TPSA) is 0 Å². The first-order chi connectivity index (χ1) is 14.2. The van der Waals surface area contributed by atoms with E-state index in [0.717, 1.165) is 17.8 Å². The fourth-order valence-electron chi connectivity index (χ4n) is 7.08. The van der Waals surface area contributed by atoms with Gasteiger partial charge in [-0.3, -0.25) is 0 Å². The minimum Gasteiger partial charge on any atom is -0.0587 e. The summed E-state index contributed by atoms with van der Waals surface area (Å²) in [7, 11) is 0. The molecule has 0 atom stereocenters. The van der Waals surface area contributed by atoms with Crippen molar-refractivity contribution in [3.63, 3.8) is 0 Å². The zero-order valence-electron chi connectivity index (χ0n) is 17.4. The van der Waals surface area contributed by atoms with Crippen LogP contribution in [-0.4, -0.2) is 0 Å². The molecular formula is C29H30. The second-order valence-electron chi connectivity index (χ2n) is 10.2. The average Bonchev–Trinajstić information content (AvgIpc) is 2.74. The summed E-state index contributed by atoms with van der Waals surface area (Å²) in [6.45, 7) is 2.14. The molecule has 7 rings (SSSR count). The molecule has 0 unspecified atom stereocenters. The monoisotopic (exact) mass is 378 g/mol. The maximum absolute atomic E-state index is 2.45. The van der Waals surface area contributed by atoms with E-state index in [9.17, 15) is 0 Å². The summed E-state index contributed by atoms with van der Waals surface area (Å²) in [5.74, 6) is 3.03. The van der Waals surface area contributed by atoms with Gasteiger partial charge in [0.05, 0.1) is 0 Å². The van der Waals surface area contributed by atoms with Crippen LogP contribution in [0.2, 0.25) is 0 Å². The molecule has 4 aliphatic rings. The molecule has 0 heterocycles. The Kier molecular flexibility index (Phi) is 3.98. The van der Waals surface area contributed by atoms with Crippen LogP contribution in [0.1, 0.15) is 49.7 Å². The van der Waals surface area contributed by atoms with Gasteiger partial charge in [0.2, 0.25) is 0 Å². The van der Waals surface area contributed by atoms with E-state index in [1.54, 1.807) is 5.56 Å². The zero-order valence-corrected chi connectivity index (χ0v) is 17.4. The molecule has 146 valence electrons. The van der Waals surface area contributed by atoms with E-state index < -0.39 is 0 Å². The summed E-state index contributed by atoms with van der Waals surface area (Å²) in [5.41, 5.74) is 8.67. The third kappa shape index (κ3) is 3.05. The maximum atomic E-state index is 2.45. The Morgan fingerprint density at radius 3 is 1.28 bits per heavy atom. The molecule has 4 saturated carbocycles. The quantitative estimate of drug-likeness (QED) is 0.436. The van der Waals surface area contributed by atoms with Gasteiger partial charge in [-0.15, -0.1) is 0 Å². The highest BCUT2D eigenvalue weighted by molar-refractivity contribution is 5.70. The van der Waals surface area contributed by atoms with Gasteiger partial charge in [0.15, 0.2) is 0 Å². The van der Waals surface area contributed by atoms with Crippen molar-refractivity contribution in [2.75, 3.05) is 0 Å². The van der Waals surface area contributed by atoms with Crippen molar-refractivity contribution >= 4 is 0 Å². The van der Waals surface area contributed by atoms with Gasteiger partial charge in [-0.25, -0.2) is 0 Å². The van der Waals surface area contributed by atoms with Crippen molar-refractivity contribution in [3.8, 4) is 22.3 Å².